The first-order chi connectivity index (χ1) is 9.85. The topological polar surface area (TPSA) is 67.6 Å². The molecule has 0 spiro atoms. The first-order valence-electron chi connectivity index (χ1n) is 6.73. The Morgan fingerprint density at radius 2 is 2.15 bits per heavy atom. The van der Waals surface area contributed by atoms with Crippen LogP contribution in [0.1, 0.15) is 25.1 Å². The van der Waals surface area contributed by atoms with Gasteiger partial charge in [-0.3, -0.25) is 5.10 Å². The molecule has 1 aromatic carbocycles. The Morgan fingerprint density at radius 3 is 2.95 bits per heavy atom. The zero-order chi connectivity index (χ0) is 13.8. The molecule has 0 amide bonds. The number of nitrogens with zero attached hydrogens (tertiary/aromatic N) is 3. The van der Waals surface area contributed by atoms with E-state index in [4.69, 9.17) is 4.42 Å². The summed E-state index contributed by atoms with van der Waals surface area (Å²) in [5.74, 6) is 2.70. The van der Waals surface area contributed by atoms with E-state index in [1.165, 1.54) is 0 Å². The largest absolute Gasteiger partial charge is 0.441 e. The standard InChI is InChI=1S/C14H16N4OS/c1-2-12-16-14(18-17-12)20-9-5-8-13-15-10-6-3-4-7-11(10)19-13/h3-4,6-7H,2,5,8-9H2,1H3,(H,16,17,18). The Kier molecular flexibility index (Phi) is 4.01. The summed E-state index contributed by atoms with van der Waals surface area (Å²) < 4.78 is 5.68. The van der Waals surface area contributed by atoms with E-state index in [2.05, 4.69) is 27.1 Å². The summed E-state index contributed by atoms with van der Waals surface area (Å²) >= 11 is 1.66. The highest BCUT2D eigenvalue weighted by atomic mass is 32.2. The Hall–Kier alpha value is -1.82. The van der Waals surface area contributed by atoms with Crippen LogP contribution >= 0.6 is 11.8 Å². The number of hydrogen-bond acceptors (Lipinski definition) is 5. The minimum atomic E-state index is 0.802. The molecule has 3 rings (SSSR count). The van der Waals surface area contributed by atoms with Crippen molar-refractivity contribution >= 4 is 22.9 Å². The van der Waals surface area contributed by atoms with Crippen LogP contribution in [0.3, 0.4) is 0 Å². The highest BCUT2D eigenvalue weighted by Crippen LogP contribution is 2.18. The summed E-state index contributed by atoms with van der Waals surface area (Å²) in [5, 5.41) is 7.89. The maximum atomic E-state index is 5.68. The molecule has 2 aromatic heterocycles. The van der Waals surface area contributed by atoms with E-state index in [9.17, 15) is 0 Å². The zero-order valence-electron chi connectivity index (χ0n) is 11.3. The van der Waals surface area contributed by atoms with Crippen molar-refractivity contribution in [3.8, 4) is 0 Å². The summed E-state index contributed by atoms with van der Waals surface area (Å²) in [4.78, 5) is 8.83. The summed E-state index contributed by atoms with van der Waals surface area (Å²) in [5.41, 5.74) is 1.79. The van der Waals surface area contributed by atoms with Crippen LogP contribution in [0.4, 0.5) is 0 Å². The van der Waals surface area contributed by atoms with Gasteiger partial charge in [0.1, 0.15) is 11.3 Å². The van der Waals surface area contributed by atoms with Gasteiger partial charge < -0.3 is 4.42 Å². The lowest BCUT2D eigenvalue weighted by Crippen LogP contribution is -1.88. The number of thioether (sulfide) groups is 1. The molecule has 0 aliphatic carbocycles. The monoisotopic (exact) mass is 288 g/mol. The van der Waals surface area contributed by atoms with Gasteiger partial charge in [0.2, 0.25) is 5.16 Å². The van der Waals surface area contributed by atoms with Gasteiger partial charge in [0, 0.05) is 18.6 Å². The fourth-order valence-corrected chi connectivity index (χ4v) is 2.67. The summed E-state index contributed by atoms with van der Waals surface area (Å²) in [6, 6.07) is 7.85. The molecule has 2 heterocycles. The number of aryl methyl sites for hydroxylation is 2. The minimum Gasteiger partial charge on any atom is -0.441 e. The van der Waals surface area contributed by atoms with Crippen molar-refractivity contribution in [3.63, 3.8) is 0 Å². The molecule has 0 aliphatic rings. The van der Waals surface area contributed by atoms with E-state index < -0.39 is 0 Å². The fourth-order valence-electron chi connectivity index (χ4n) is 1.91. The van der Waals surface area contributed by atoms with Gasteiger partial charge in [-0.15, -0.1) is 5.10 Å². The minimum absolute atomic E-state index is 0.802. The number of hydrogen-bond donors (Lipinski definition) is 1. The van der Waals surface area contributed by atoms with Crippen molar-refractivity contribution in [2.24, 2.45) is 0 Å². The van der Waals surface area contributed by atoms with E-state index in [1.807, 2.05) is 24.3 Å². The predicted molar refractivity (Wildman–Crippen MR) is 78.8 cm³/mol. The molecule has 0 bridgehead atoms. The van der Waals surface area contributed by atoms with Crippen molar-refractivity contribution in [2.75, 3.05) is 5.75 Å². The van der Waals surface area contributed by atoms with E-state index in [-0.39, 0.29) is 0 Å². The van der Waals surface area contributed by atoms with Crippen LogP contribution < -0.4 is 0 Å². The SMILES string of the molecule is CCc1nc(SCCCc2nc3ccccc3o2)n[nH]1. The lowest BCUT2D eigenvalue weighted by atomic mass is 10.3. The molecule has 20 heavy (non-hydrogen) atoms. The van der Waals surface area contributed by atoms with Crippen LogP contribution in [0, 0.1) is 0 Å². The average molecular weight is 288 g/mol. The smallest absolute Gasteiger partial charge is 0.208 e. The second-order valence-corrected chi connectivity index (χ2v) is 5.51. The van der Waals surface area contributed by atoms with Gasteiger partial charge in [-0.25, -0.2) is 9.97 Å². The Bertz CT molecular complexity index is 658. The summed E-state index contributed by atoms with van der Waals surface area (Å²) in [6.45, 7) is 2.06. The Labute approximate surface area is 121 Å². The van der Waals surface area contributed by atoms with Crippen LogP contribution in [0.25, 0.3) is 11.1 Å². The predicted octanol–water partition coefficient (Wildman–Crippen LogP) is 3.23. The number of para-hydroxylation sites is 2. The maximum Gasteiger partial charge on any atom is 0.208 e. The molecule has 3 aromatic rings. The number of nitrogens with one attached hydrogen (secondary N) is 1. The number of oxazole rings is 1. The van der Waals surface area contributed by atoms with Crippen LogP contribution in [0.5, 0.6) is 0 Å². The third-order valence-corrected chi connectivity index (χ3v) is 3.88. The second kappa shape index (κ2) is 6.09. The van der Waals surface area contributed by atoms with Gasteiger partial charge in [-0.2, -0.15) is 0 Å². The molecule has 0 saturated heterocycles. The van der Waals surface area contributed by atoms with Crippen LogP contribution in [-0.2, 0) is 12.8 Å². The summed E-state index contributed by atoms with van der Waals surface area (Å²) in [6.07, 6.45) is 2.72. The molecular formula is C14H16N4OS. The van der Waals surface area contributed by atoms with Gasteiger partial charge in [-0.05, 0) is 18.6 Å². The molecule has 6 heteroatoms. The molecule has 0 radical (unpaired) electrons. The Balaban J connectivity index is 1.49. The van der Waals surface area contributed by atoms with Gasteiger partial charge in [0.05, 0.1) is 0 Å². The highest BCUT2D eigenvalue weighted by Gasteiger charge is 2.06. The van der Waals surface area contributed by atoms with Crippen molar-refractivity contribution < 1.29 is 4.42 Å². The number of aromatic amines is 1. The molecule has 0 aliphatic heterocycles. The first kappa shape index (κ1) is 13.2. The lowest BCUT2D eigenvalue weighted by Gasteiger charge is -1.94. The fraction of sp³-hybridized carbons (Fsp3) is 0.357. The molecule has 0 fully saturated rings. The number of aromatic nitrogens is 4. The average Bonchev–Trinajstić information content (AvgIpc) is 3.09. The summed E-state index contributed by atoms with van der Waals surface area (Å²) in [7, 11) is 0. The van der Waals surface area contributed by atoms with Gasteiger partial charge in [-0.1, -0.05) is 30.8 Å². The van der Waals surface area contributed by atoms with Gasteiger partial charge >= 0.3 is 0 Å². The van der Waals surface area contributed by atoms with E-state index in [1.54, 1.807) is 11.8 Å². The van der Waals surface area contributed by atoms with Crippen molar-refractivity contribution in [1.29, 1.82) is 0 Å². The third kappa shape index (κ3) is 3.01. The lowest BCUT2D eigenvalue weighted by molar-refractivity contribution is 0.526. The Morgan fingerprint density at radius 1 is 1.25 bits per heavy atom. The molecule has 104 valence electrons. The zero-order valence-corrected chi connectivity index (χ0v) is 12.1. The number of H-pyrrole nitrogens is 1. The molecule has 5 nitrogen and oxygen atoms in total. The first-order valence-corrected chi connectivity index (χ1v) is 7.72. The van der Waals surface area contributed by atoms with Gasteiger partial charge in [0.25, 0.3) is 0 Å². The van der Waals surface area contributed by atoms with Crippen LogP contribution in [-0.4, -0.2) is 25.9 Å². The maximum absolute atomic E-state index is 5.68. The highest BCUT2D eigenvalue weighted by molar-refractivity contribution is 7.99. The van der Waals surface area contributed by atoms with Crippen molar-refractivity contribution in [3.05, 3.63) is 36.0 Å². The number of rotatable bonds is 6. The van der Waals surface area contributed by atoms with E-state index >= 15 is 0 Å². The quantitative estimate of drug-likeness (QED) is 0.557. The second-order valence-electron chi connectivity index (χ2n) is 4.45. The molecular weight excluding hydrogens is 272 g/mol. The number of benzene rings is 1. The molecule has 0 unspecified atom stereocenters. The molecule has 0 atom stereocenters. The van der Waals surface area contributed by atoms with Gasteiger partial charge in [0.15, 0.2) is 11.5 Å². The normalized spacial score (nSPS) is 11.2. The molecule has 0 saturated carbocycles. The molecule has 1 N–H and O–H groups in total. The number of fused-ring (bicyclic) bond motifs is 1. The third-order valence-electron chi connectivity index (χ3n) is 2.95. The van der Waals surface area contributed by atoms with E-state index in [0.717, 1.165) is 53.0 Å². The van der Waals surface area contributed by atoms with Crippen molar-refractivity contribution in [1.82, 2.24) is 20.2 Å². The van der Waals surface area contributed by atoms with Crippen molar-refractivity contribution in [2.45, 2.75) is 31.3 Å². The van der Waals surface area contributed by atoms with Crippen LogP contribution in [0.2, 0.25) is 0 Å². The van der Waals surface area contributed by atoms with E-state index in [0.29, 0.717) is 0 Å². The van der Waals surface area contributed by atoms with Crippen LogP contribution in [0.15, 0.2) is 33.8 Å².